The maximum Gasteiger partial charge on any atom is 0.237 e. The Morgan fingerprint density at radius 2 is 0.762 bits per heavy atom. The highest BCUT2D eigenvalue weighted by Gasteiger charge is 2.00. The summed E-state index contributed by atoms with van der Waals surface area (Å²) in [6, 6.07) is 1.09. The lowest BCUT2D eigenvalue weighted by Gasteiger charge is -2.03. The molecular weight excluding hydrogens is 319 g/mol. The van der Waals surface area contributed by atoms with Crippen LogP contribution in [0.1, 0.15) is 96.3 Å². The van der Waals surface area contributed by atoms with Crippen LogP contribution in [0.25, 0.3) is 0 Å². The molecule has 0 aromatic carbocycles. The van der Waals surface area contributed by atoms with E-state index in [1.54, 1.807) is 0 Å². The molecular formula is C17H36Cl2OSi. The summed E-state index contributed by atoms with van der Waals surface area (Å²) in [5.74, 6) is 0. The maximum absolute atomic E-state index is 8.68. The average molecular weight is 355 g/mol. The summed E-state index contributed by atoms with van der Waals surface area (Å²) < 4.78 is 0. The molecule has 0 amide bonds. The van der Waals surface area contributed by atoms with Crippen LogP contribution in [-0.2, 0) is 0 Å². The monoisotopic (exact) mass is 354 g/mol. The molecule has 0 fully saturated rings. The van der Waals surface area contributed by atoms with Gasteiger partial charge in [-0.15, -0.1) is 0 Å². The van der Waals surface area contributed by atoms with Crippen molar-refractivity contribution >= 4 is 29.6 Å². The maximum atomic E-state index is 8.68. The second-order valence-electron chi connectivity index (χ2n) is 6.21. The van der Waals surface area contributed by atoms with Crippen molar-refractivity contribution in [2.75, 3.05) is 6.61 Å². The van der Waals surface area contributed by atoms with Gasteiger partial charge in [-0.3, -0.25) is 0 Å². The first-order valence-corrected chi connectivity index (χ1v) is 13.5. The predicted octanol–water partition coefficient (Wildman–Crippen LogP) is 6.53. The molecule has 1 N–H and O–H groups in total. The Kier molecular flexibility index (Phi) is 19.5. The molecule has 0 aliphatic heterocycles. The van der Waals surface area contributed by atoms with Crippen LogP contribution < -0.4 is 0 Å². The minimum Gasteiger partial charge on any atom is -0.396 e. The van der Waals surface area contributed by atoms with Crippen molar-refractivity contribution in [3.8, 4) is 0 Å². The van der Waals surface area contributed by atoms with E-state index >= 15 is 0 Å². The van der Waals surface area contributed by atoms with E-state index in [0.29, 0.717) is 6.61 Å². The molecule has 0 aromatic rings. The Labute approximate surface area is 143 Å². The summed E-state index contributed by atoms with van der Waals surface area (Å²) in [4.78, 5) is 0. The van der Waals surface area contributed by atoms with Crippen molar-refractivity contribution in [2.24, 2.45) is 0 Å². The van der Waals surface area contributed by atoms with E-state index in [-0.39, 0.29) is 0 Å². The molecule has 0 spiro atoms. The van der Waals surface area contributed by atoms with Crippen molar-refractivity contribution < 1.29 is 5.11 Å². The van der Waals surface area contributed by atoms with Crippen molar-refractivity contribution in [3.05, 3.63) is 0 Å². The first-order chi connectivity index (χ1) is 10.3. The third kappa shape index (κ3) is 20.8. The van der Waals surface area contributed by atoms with Gasteiger partial charge in [0.2, 0.25) is 7.42 Å². The molecule has 0 heterocycles. The van der Waals surface area contributed by atoms with Crippen molar-refractivity contribution in [1.29, 1.82) is 0 Å². The van der Waals surface area contributed by atoms with Crippen molar-refractivity contribution in [1.82, 2.24) is 0 Å². The molecule has 0 saturated heterocycles. The molecule has 0 radical (unpaired) electrons. The van der Waals surface area contributed by atoms with E-state index in [2.05, 4.69) is 0 Å². The largest absolute Gasteiger partial charge is 0.396 e. The number of halogens is 2. The van der Waals surface area contributed by atoms with Crippen LogP contribution >= 0.6 is 22.2 Å². The third-order valence-corrected chi connectivity index (χ3v) is 6.23. The van der Waals surface area contributed by atoms with Gasteiger partial charge in [0.15, 0.2) is 0 Å². The summed E-state index contributed by atoms with van der Waals surface area (Å²) in [5, 5.41) is 8.68. The molecule has 128 valence electrons. The zero-order valence-electron chi connectivity index (χ0n) is 13.8. The first-order valence-electron chi connectivity index (χ1n) is 9.16. The van der Waals surface area contributed by atoms with Gasteiger partial charge >= 0.3 is 0 Å². The van der Waals surface area contributed by atoms with Gasteiger partial charge in [0, 0.05) is 6.61 Å². The first kappa shape index (κ1) is 21.8. The minimum atomic E-state index is -1.33. The number of aliphatic hydroxyl groups is 1. The van der Waals surface area contributed by atoms with E-state index in [4.69, 9.17) is 27.3 Å². The standard InChI is InChI=1S/C17H36Cl2OSi/c18-21(19)17-15-13-11-9-7-5-3-1-2-4-6-8-10-12-14-16-20/h20-21H,1-17H2. The fourth-order valence-electron chi connectivity index (χ4n) is 2.71. The zero-order valence-corrected chi connectivity index (χ0v) is 16.5. The van der Waals surface area contributed by atoms with Gasteiger partial charge in [-0.2, -0.15) is 22.2 Å². The topological polar surface area (TPSA) is 20.2 Å². The van der Waals surface area contributed by atoms with Gasteiger partial charge in [0.05, 0.1) is 0 Å². The fourth-order valence-corrected chi connectivity index (χ4v) is 4.23. The van der Waals surface area contributed by atoms with E-state index in [0.717, 1.165) is 12.5 Å². The molecule has 0 aliphatic rings. The van der Waals surface area contributed by atoms with Crippen LogP contribution in [0.3, 0.4) is 0 Å². The number of unbranched alkanes of at least 4 members (excludes halogenated alkanes) is 14. The Hall–Kier alpha value is 0.757. The fraction of sp³-hybridized carbons (Fsp3) is 1.00. The molecule has 0 unspecified atom stereocenters. The SMILES string of the molecule is OCCCCCCCCCCCCCCCCC[SiH](Cl)Cl. The van der Waals surface area contributed by atoms with Crippen LogP contribution in [0.2, 0.25) is 6.04 Å². The van der Waals surface area contributed by atoms with Gasteiger partial charge in [-0.1, -0.05) is 89.9 Å². The predicted molar refractivity (Wildman–Crippen MR) is 100 cm³/mol. The molecule has 21 heavy (non-hydrogen) atoms. The number of hydrogen-bond acceptors (Lipinski definition) is 1. The summed E-state index contributed by atoms with van der Waals surface area (Å²) in [6.45, 7) is 0.363. The Morgan fingerprint density at radius 1 is 0.476 bits per heavy atom. The average Bonchev–Trinajstić information content (AvgIpc) is 2.46. The van der Waals surface area contributed by atoms with Crippen LogP contribution in [0, 0.1) is 0 Å². The van der Waals surface area contributed by atoms with E-state index in [9.17, 15) is 0 Å². The summed E-state index contributed by atoms with van der Waals surface area (Å²) >= 11 is 11.7. The van der Waals surface area contributed by atoms with Gasteiger partial charge in [-0.25, -0.2) is 0 Å². The molecule has 0 rings (SSSR count). The quantitative estimate of drug-likeness (QED) is 0.179. The lowest BCUT2D eigenvalue weighted by Crippen LogP contribution is -1.91. The van der Waals surface area contributed by atoms with Gasteiger partial charge in [-0.05, 0) is 12.5 Å². The molecule has 0 saturated carbocycles. The Morgan fingerprint density at radius 3 is 1.05 bits per heavy atom. The zero-order chi connectivity index (χ0) is 15.6. The van der Waals surface area contributed by atoms with E-state index < -0.39 is 7.42 Å². The molecule has 4 heteroatoms. The Balaban J connectivity index is 2.93. The Bertz CT molecular complexity index is 192. The second kappa shape index (κ2) is 18.8. The highest BCUT2D eigenvalue weighted by Crippen LogP contribution is 2.15. The number of aliphatic hydroxyl groups excluding tert-OH is 1. The molecule has 0 aromatic heterocycles. The summed E-state index contributed by atoms with van der Waals surface area (Å²) in [6.07, 6.45) is 20.0. The summed E-state index contributed by atoms with van der Waals surface area (Å²) in [7, 11) is -1.33. The van der Waals surface area contributed by atoms with Gasteiger partial charge in [0.1, 0.15) is 0 Å². The normalized spacial score (nSPS) is 11.4. The van der Waals surface area contributed by atoms with E-state index in [1.807, 2.05) is 0 Å². The van der Waals surface area contributed by atoms with Crippen LogP contribution in [0.4, 0.5) is 0 Å². The molecule has 0 bridgehead atoms. The smallest absolute Gasteiger partial charge is 0.237 e. The van der Waals surface area contributed by atoms with E-state index in [1.165, 1.54) is 89.9 Å². The lowest BCUT2D eigenvalue weighted by molar-refractivity contribution is 0.282. The number of hydrogen-bond donors (Lipinski definition) is 1. The van der Waals surface area contributed by atoms with Gasteiger partial charge in [0.25, 0.3) is 0 Å². The molecule has 1 nitrogen and oxygen atoms in total. The molecule has 0 aliphatic carbocycles. The highest BCUT2D eigenvalue weighted by molar-refractivity contribution is 7.33. The van der Waals surface area contributed by atoms with Crippen LogP contribution in [-0.4, -0.2) is 19.1 Å². The summed E-state index contributed by atoms with van der Waals surface area (Å²) in [5.41, 5.74) is 0. The van der Waals surface area contributed by atoms with Crippen LogP contribution in [0.15, 0.2) is 0 Å². The number of rotatable bonds is 17. The van der Waals surface area contributed by atoms with Crippen LogP contribution in [0.5, 0.6) is 0 Å². The van der Waals surface area contributed by atoms with Crippen molar-refractivity contribution in [3.63, 3.8) is 0 Å². The lowest BCUT2D eigenvalue weighted by atomic mass is 10.0. The highest BCUT2D eigenvalue weighted by atomic mass is 35.7. The molecule has 0 atom stereocenters. The van der Waals surface area contributed by atoms with Gasteiger partial charge < -0.3 is 5.11 Å². The van der Waals surface area contributed by atoms with Crippen molar-refractivity contribution in [2.45, 2.75) is 102 Å². The third-order valence-electron chi connectivity index (χ3n) is 4.08. The second-order valence-corrected chi connectivity index (χ2v) is 11.4. The minimum absolute atomic E-state index is 0.363.